The third kappa shape index (κ3) is 2.69. The van der Waals surface area contributed by atoms with Gasteiger partial charge in [-0.2, -0.15) is 0 Å². The van der Waals surface area contributed by atoms with Crippen LogP contribution in [0.2, 0.25) is 0 Å². The molecule has 6 nitrogen and oxygen atoms in total. The molecule has 0 bridgehead atoms. The Morgan fingerprint density at radius 2 is 2.11 bits per heavy atom. The summed E-state index contributed by atoms with van der Waals surface area (Å²) in [6.45, 7) is 0. The summed E-state index contributed by atoms with van der Waals surface area (Å²) < 4.78 is 4.53. The first-order valence-electron chi connectivity index (χ1n) is 4.97. The minimum absolute atomic E-state index is 0.0873. The maximum atomic E-state index is 11.8. The molecule has 0 unspecified atom stereocenters. The molecule has 0 atom stereocenters. The van der Waals surface area contributed by atoms with Crippen LogP contribution in [0.3, 0.4) is 0 Å². The van der Waals surface area contributed by atoms with Crippen molar-refractivity contribution in [1.29, 1.82) is 0 Å². The molecule has 18 heavy (non-hydrogen) atoms. The molecule has 2 aromatic rings. The van der Waals surface area contributed by atoms with Crippen molar-refractivity contribution >= 4 is 28.3 Å². The molecule has 7 heteroatoms. The molecule has 0 saturated heterocycles. The predicted octanol–water partition coefficient (Wildman–Crippen LogP) is 1.58. The number of hydrogen-bond donors (Lipinski definition) is 1. The quantitative estimate of drug-likeness (QED) is 0.850. The van der Waals surface area contributed by atoms with Crippen LogP contribution in [0.4, 0.5) is 5.13 Å². The fourth-order valence-electron chi connectivity index (χ4n) is 1.23. The minimum Gasteiger partial charge on any atom is -0.464 e. The molecule has 2 aromatic heterocycles. The van der Waals surface area contributed by atoms with E-state index in [1.54, 1.807) is 17.6 Å². The number of methoxy groups -OCH3 is 1. The zero-order valence-corrected chi connectivity index (χ0v) is 10.2. The van der Waals surface area contributed by atoms with Gasteiger partial charge in [-0.15, -0.1) is 11.3 Å². The van der Waals surface area contributed by atoms with Gasteiger partial charge in [-0.3, -0.25) is 10.1 Å². The molecule has 92 valence electrons. The predicted molar refractivity (Wildman–Crippen MR) is 65.6 cm³/mol. The van der Waals surface area contributed by atoms with Crippen molar-refractivity contribution in [3.63, 3.8) is 0 Å². The number of pyridine rings is 1. The number of nitrogens with zero attached hydrogens (tertiary/aromatic N) is 2. The molecular weight excluding hydrogens is 254 g/mol. The highest BCUT2D eigenvalue weighted by molar-refractivity contribution is 7.13. The molecule has 0 fully saturated rings. The first-order chi connectivity index (χ1) is 8.70. The van der Waals surface area contributed by atoms with Gasteiger partial charge in [0.05, 0.1) is 7.11 Å². The molecule has 0 saturated carbocycles. The fourth-order valence-corrected chi connectivity index (χ4v) is 1.75. The number of rotatable bonds is 3. The van der Waals surface area contributed by atoms with Crippen molar-refractivity contribution < 1.29 is 14.3 Å². The molecule has 0 aliphatic heterocycles. The van der Waals surface area contributed by atoms with Crippen LogP contribution in [-0.2, 0) is 4.74 Å². The lowest BCUT2D eigenvalue weighted by Crippen LogP contribution is -2.15. The second-order valence-corrected chi connectivity index (χ2v) is 4.09. The van der Waals surface area contributed by atoms with Crippen LogP contribution in [-0.4, -0.2) is 29.0 Å². The average molecular weight is 263 g/mol. The van der Waals surface area contributed by atoms with Crippen molar-refractivity contribution in [2.75, 3.05) is 12.4 Å². The van der Waals surface area contributed by atoms with Crippen molar-refractivity contribution in [2.24, 2.45) is 0 Å². The Bertz CT molecular complexity index is 569. The van der Waals surface area contributed by atoms with Gasteiger partial charge in [-0.1, -0.05) is 6.07 Å². The summed E-state index contributed by atoms with van der Waals surface area (Å²) in [5.41, 5.74) is 0.220. The Balaban J connectivity index is 2.18. The molecule has 0 aliphatic rings. The number of carbonyl (C=O) groups excluding carboxylic acids is 2. The van der Waals surface area contributed by atoms with Gasteiger partial charge in [0.2, 0.25) is 0 Å². The van der Waals surface area contributed by atoms with E-state index in [9.17, 15) is 9.59 Å². The summed E-state index contributed by atoms with van der Waals surface area (Å²) in [4.78, 5) is 30.9. The third-order valence-corrected chi connectivity index (χ3v) is 2.72. The Morgan fingerprint density at radius 3 is 2.78 bits per heavy atom. The monoisotopic (exact) mass is 263 g/mol. The molecule has 0 aromatic carbocycles. The van der Waals surface area contributed by atoms with E-state index in [0.29, 0.717) is 5.13 Å². The van der Waals surface area contributed by atoms with Crippen molar-refractivity contribution in [3.8, 4) is 0 Å². The van der Waals surface area contributed by atoms with Crippen LogP contribution in [0.1, 0.15) is 21.0 Å². The van der Waals surface area contributed by atoms with Crippen LogP contribution in [0.15, 0.2) is 29.8 Å². The van der Waals surface area contributed by atoms with Crippen LogP contribution < -0.4 is 5.32 Å². The number of thiazole rings is 1. The largest absolute Gasteiger partial charge is 0.464 e. The number of ether oxygens (including phenoxy) is 1. The molecule has 1 amide bonds. The summed E-state index contributed by atoms with van der Waals surface area (Å²) >= 11 is 1.30. The maximum absolute atomic E-state index is 11.8. The van der Waals surface area contributed by atoms with Crippen LogP contribution in [0.5, 0.6) is 0 Å². The van der Waals surface area contributed by atoms with Crippen LogP contribution >= 0.6 is 11.3 Å². The number of hydrogen-bond acceptors (Lipinski definition) is 6. The van der Waals surface area contributed by atoms with E-state index in [1.165, 1.54) is 30.6 Å². The average Bonchev–Trinajstić information content (AvgIpc) is 2.90. The number of aromatic nitrogens is 2. The SMILES string of the molecule is COC(=O)c1cccc(C(=O)Nc2nccs2)n1. The number of carbonyl (C=O) groups is 2. The molecule has 0 radical (unpaired) electrons. The van der Waals surface area contributed by atoms with E-state index < -0.39 is 11.9 Å². The van der Waals surface area contributed by atoms with E-state index in [1.807, 2.05) is 0 Å². The molecular formula is C11H9N3O3S. The standard InChI is InChI=1S/C11H9N3O3S/c1-17-10(16)8-4-2-3-7(13-8)9(15)14-11-12-5-6-18-11/h2-6H,1H3,(H,12,14,15). The Labute approximate surface area is 107 Å². The first kappa shape index (κ1) is 12.2. The van der Waals surface area contributed by atoms with E-state index >= 15 is 0 Å². The Kier molecular flexibility index (Phi) is 3.63. The second-order valence-electron chi connectivity index (χ2n) is 3.19. The Morgan fingerprint density at radius 1 is 1.33 bits per heavy atom. The van der Waals surface area contributed by atoms with Crippen molar-refractivity contribution in [1.82, 2.24) is 9.97 Å². The molecule has 0 spiro atoms. The number of nitrogens with one attached hydrogen (secondary N) is 1. The van der Waals surface area contributed by atoms with Crippen molar-refractivity contribution in [3.05, 3.63) is 41.2 Å². The van der Waals surface area contributed by atoms with E-state index in [0.717, 1.165) is 0 Å². The van der Waals surface area contributed by atoms with Crippen LogP contribution in [0.25, 0.3) is 0 Å². The lowest BCUT2D eigenvalue weighted by Gasteiger charge is -2.02. The highest BCUT2D eigenvalue weighted by atomic mass is 32.1. The molecule has 1 N–H and O–H groups in total. The van der Waals surface area contributed by atoms with Gasteiger partial charge in [-0.25, -0.2) is 14.8 Å². The smallest absolute Gasteiger partial charge is 0.356 e. The van der Waals surface area contributed by atoms with Gasteiger partial charge >= 0.3 is 5.97 Å². The number of amides is 1. The summed E-state index contributed by atoms with van der Waals surface area (Å²) in [6, 6.07) is 4.55. The third-order valence-electron chi connectivity index (χ3n) is 2.03. The van der Waals surface area contributed by atoms with Gasteiger partial charge in [-0.05, 0) is 12.1 Å². The highest BCUT2D eigenvalue weighted by Crippen LogP contribution is 2.11. The normalized spacial score (nSPS) is 9.83. The zero-order chi connectivity index (χ0) is 13.0. The van der Waals surface area contributed by atoms with Gasteiger partial charge in [0.15, 0.2) is 5.13 Å². The first-order valence-corrected chi connectivity index (χ1v) is 5.85. The summed E-state index contributed by atoms with van der Waals surface area (Å²) in [5.74, 6) is -1.00. The van der Waals surface area contributed by atoms with Gasteiger partial charge in [0.25, 0.3) is 5.91 Å². The Hall–Kier alpha value is -2.28. The lowest BCUT2D eigenvalue weighted by atomic mass is 10.3. The molecule has 2 rings (SSSR count). The van der Waals surface area contributed by atoms with E-state index in [4.69, 9.17) is 0 Å². The number of esters is 1. The zero-order valence-electron chi connectivity index (χ0n) is 9.41. The van der Waals surface area contributed by atoms with Crippen molar-refractivity contribution in [2.45, 2.75) is 0 Å². The fraction of sp³-hybridized carbons (Fsp3) is 0.0909. The van der Waals surface area contributed by atoms with Gasteiger partial charge in [0.1, 0.15) is 11.4 Å². The minimum atomic E-state index is -0.584. The summed E-state index contributed by atoms with van der Waals surface area (Å²) in [5, 5.41) is 4.80. The lowest BCUT2D eigenvalue weighted by molar-refractivity contribution is 0.0594. The molecule has 2 heterocycles. The highest BCUT2D eigenvalue weighted by Gasteiger charge is 2.13. The van der Waals surface area contributed by atoms with Crippen LogP contribution in [0, 0.1) is 0 Å². The van der Waals surface area contributed by atoms with Gasteiger partial charge in [0, 0.05) is 11.6 Å². The molecule has 0 aliphatic carbocycles. The van der Waals surface area contributed by atoms with Gasteiger partial charge < -0.3 is 4.74 Å². The topological polar surface area (TPSA) is 81.2 Å². The second kappa shape index (κ2) is 5.37. The van der Waals surface area contributed by atoms with E-state index in [-0.39, 0.29) is 11.4 Å². The summed E-state index contributed by atoms with van der Waals surface area (Å²) in [7, 11) is 1.26. The number of anilines is 1. The maximum Gasteiger partial charge on any atom is 0.356 e. The van der Waals surface area contributed by atoms with E-state index in [2.05, 4.69) is 20.0 Å². The summed E-state index contributed by atoms with van der Waals surface area (Å²) in [6.07, 6.45) is 1.58.